The molecule has 3 aliphatic rings. The van der Waals surface area contributed by atoms with Gasteiger partial charge in [-0.2, -0.15) is 0 Å². The summed E-state index contributed by atoms with van der Waals surface area (Å²) in [7, 11) is 0. The molecule has 2 aliphatic carbocycles. The Labute approximate surface area is 121 Å². The van der Waals surface area contributed by atoms with Crippen molar-refractivity contribution in [3.63, 3.8) is 0 Å². The molecule has 20 heavy (non-hydrogen) atoms. The van der Waals surface area contributed by atoms with Crippen molar-refractivity contribution >= 4 is 11.8 Å². The van der Waals surface area contributed by atoms with Crippen LogP contribution in [0.3, 0.4) is 0 Å². The van der Waals surface area contributed by atoms with E-state index in [0.29, 0.717) is 12.5 Å². The van der Waals surface area contributed by atoms with Gasteiger partial charge in [0.2, 0.25) is 11.8 Å². The molecule has 1 N–H and O–H groups in total. The van der Waals surface area contributed by atoms with Crippen LogP contribution in [0.15, 0.2) is 0 Å². The second kappa shape index (κ2) is 4.30. The molecule has 0 aromatic rings. The highest BCUT2D eigenvalue weighted by Gasteiger charge is 2.65. The van der Waals surface area contributed by atoms with Crippen molar-refractivity contribution in [1.29, 1.82) is 0 Å². The normalized spacial score (nSPS) is 33.2. The van der Waals surface area contributed by atoms with E-state index in [-0.39, 0.29) is 34.7 Å². The van der Waals surface area contributed by atoms with Crippen LogP contribution in [0.4, 0.5) is 0 Å². The molecule has 0 radical (unpaired) electrons. The number of likely N-dealkylation sites (tertiary alicyclic amines) is 1. The van der Waals surface area contributed by atoms with E-state index in [2.05, 4.69) is 33.0 Å². The predicted molar refractivity (Wildman–Crippen MR) is 77.0 cm³/mol. The number of rotatable bonds is 3. The Morgan fingerprint density at radius 1 is 1.05 bits per heavy atom. The molecule has 2 amide bonds. The average Bonchev–Trinajstić information content (AvgIpc) is 2.81. The molecule has 1 saturated heterocycles. The summed E-state index contributed by atoms with van der Waals surface area (Å²) in [5, 5.41) is 3.45. The highest BCUT2D eigenvalue weighted by Crippen LogP contribution is 2.62. The van der Waals surface area contributed by atoms with E-state index in [1.165, 1.54) is 0 Å². The Morgan fingerprint density at radius 3 is 2.10 bits per heavy atom. The molecule has 0 bridgehead atoms. The SMILES string of the molecule is CC1(C)C(NC2CC(=O)N(C3CCCC3)C2=O)C1(C)C. The maximum atomic E-state index is 12.5. The van der Waals surface area contributed by atoms with Crippen molar-refractivity contribution in [1.82, 2.24) is 10.2 Å². The van der Waals surface area contributed by atoms with Gasteiger partial charge in [0, 0.05) is 12.1 Å². The van der Waals surface area contributed by atoms with E-state index in [4.69, 9.17) is 0 Å². The number of nitrogens with zero attached hydrogens (tertiary/aromatic N) is 1. The number of carbonyl (C=O) groups excluding carboxylic acids is 2. The molecular weight excluding hydrogens is 252 g/mol. The predicted octanol–water partition coefficient (Wildman–Crippen LogP) is 2.08. The summed E-state index contributed by atoms with van der Waals surface area (Å²) < 4.78 is 0. The summed E-state index contributed by atoms with van der Waals surface area (Å²) in [5.74, 6) is 0.0380. The van der Waals surface area contributed by atoms with Crippen LogP contribution in [0.5, 0.6) is 0 Å². The van der Waals surface area contributed by atoms with Gasteiger partial charge in [-0.15, -0.1) is 0 Å². The summed E-state index contributed by atoms with van der Waals surface area (Å²) in [4.78, 5) is 26.3. The minimum atomic E-state index is -0.297. The lowest BCUT2D eigenvalue weighted by atomic mass is 10.0. The lowest BCUT2D eigenvalue weighted by molar-refractivity contribution is -0.141. The first-order valence-corrected chi connectivity index (χ1v) is 7.89. The Bertz CT molecular complexity index is 435. The Kier molecular flexibility index (Phi) is 3.02. The summed E-state index contributed by atoms with van der Waals surface area (Å²) in [6.07, 6.45) is 4.61. The van der Waals surface area contributed by atoms with Gasteiger partial charge in [-0.3, -0.25) is 14.5 Å². The highest BCUT2D eigenvalue weighted by molar-refractivity contribution is 6.06. The van der Waals surface area contributed by atoms with Crippen LogP contribution in [0.25, 0.3) is 0 Å². The number of nitrogens with one attached hydrogen (secondary N) is 1. The van der Waals surface area contributed by atoms with Gasteiger partial charge >= 0.3 is 0 Å². The third kappa shape index (κ3) is 1.84. The van der Waals surface area contributed by atoms with Crippen molar-refractivity contribution in [2.75, 3.05) is 0 Å². The zero-order chi connectivity index (χ0) is 14.7. The zero-order valence-corrected chi connectivity index (χ0v) is 13.0. The molecule has 3 rings (SSSR count). The quantitative estimate of drug-likeness (QED) is 0.804. The van der Waals surface area contributed by atoms with Crippen molar-refractivity contribution in [2.24, 2.45) is 10.8 Å². The minimum Gasteiger partial charge on any atom is -0.302 e. The van der Waals surface area contributed by atoms with Crippen LogP contribution in [0, 0.1) is 10.8 Å². The van der Waals surface area contributed by atoms with Crippen molar-refractivity contribution < 1.29 is 9.59 Å². The molecule has 0 aromatic carbocycles. The van der Waals surface area contributed by atoms with Crippen LogP contribution in [0.1, 0.15) is 59.8 Å². The fraction of sp³-hybridized carbons (Fsp3) is 0.875. The summed E-state index contributed by atoms with van der Waals surface area (Å²) in [6.45, 7) is 8.89. The molecule has 1 atom stereocenters. The van der Waals surface area contributed by atoms with Gasteiger partial charge in [0.15, 0.2) is 0 Å². The third-order valence-electron chi connectivity index (χ3n) is 6.26. The van der Waals surface area contributed by atoms with Crippen molar-refractivity contribution in [2.45, 2.75) is 77.9 Å². The summed E-state index contributed by atoms with van der Waals surface area (Å²) >= 11 is 0. The van der Waals surface area contributed by atoms with E-state index >= 15 is 0 Å². The number of hydrogen-bond acceptors (Lipinski definition) is 3. The molecular formula is C16H26N2O2. The maximum Gasteiger partial charge on any atom is 0.247 e. The Balaban J connectivity index is 1.68. The molecule has 112 valence electrons. The van der Waals surface area contributed by atoms with Crippen molar-refractivity contribution in [3.05, 3.63) is 0 Å². The van der Waals surface area contributed by atoms with Gasteiger partial charge < -0.3 is 5.32 Å². The Morgan fingerprint density at radius 2 is 1.60 bits per heavy atom. The number of carbonyl (C=O) groups is 2. The van der Waals surface area contributed by atoms with Crippen LogP contribution < -0.4 is 5.32 Å². The molecule has 1 aliphatic heterocycles. The second-order valence-electron chi connectivity index (χ2n) is 7.84. The fourth-order valence-electron chi connectivity index (χ4n) is 4.14. The lowest BCUT2D eigenvalue weighted by Crippen LogP contribution is -2.44. The zero-order valence-electron chi connectivity index (χ0n) is 13.0. The van der Waals surface area contributed by atoms with Gasteiger partial charge in [-0.25, -0.2) is 0 Å². The number of hydrogen-bond donors (Lipinski definition) is 1. The molecule has 1 heterocycles. The van der Waals surface area contributed by atoms with Crippen LogP contribution in [0.2, 0.25) is 0 Å². The van der Waals surface area contributed by atoms with Crippen LogP contribution in [-0.2, 0) is 9.59 Å². The smallest absolute Gasteiger partial charge is 0.247 e. The molecule has 4 nitrogen and oxygen atoms in total. The molecule has 1 unspecified atom stereocenters. The van der Waals surface area contributed by atoms with E-state index in [1.807, 2.05) is 0 Å². The first-order valence-electron chi connectivity index (χ1n) is 7.89. The third-order valence-corrected chi connectivity index (χ3v) is 6.26. The molecule has 4 heteroatoms. The molecule has 0 aromatic heterocycles. The van der Waals surface area contributed by atoms with Crippen LogP contribution in [-0.4, -0.2) is 34.8 Å². The summed E-state index contributed by atoms with van der Waals surface area (Å²) in [5.41, 5.74) is 0.383. The number of amides is 2. The monoisotopic (exact) mass is 278 g/mol. The van der Waals surface area contributed by atoms with Gasteiger partial charge in [0.05, 0.1) is 12.5 Å². The minimum absolute atomic E-state index is 0.0143. The van der Waals surface area contributed by atoms with Gasteiger partial charge in [0.1, 0.15) is 0 Å². The van der Waals surface area contributed by atoms with E-state index in [9.17, 15) is 9.59 Å². The molecule has 3 fully saturated rings. The van der Waals surface area contributed by atoms with E-state index < -0.39 is 0 Å². The Hall–Kier alpha value is -0.900. The maximum absolute atomic E-state index is 12.5. The first-order chi connectivity index (χ1) is 9.26. The second-order valence-corrected chi connectivity index (χ2v) is 7.84. The molecule has 0 spiro atoms. The standard InChI is InChI=1S/C16H26N2O2/c1-15(2)14(16(15,3)4)17-11-9-12(19)18(13(11)20)10-7-5-6-8-10/h10-11,14,17H,5-9H2,1-4H3. The van der Waals surface area contributed by atoms with Gasteiger partial charge in [0.25, 0.3) is 0 Å². The highest BCUT2D eigenvalue weighted by atomic mass is 16.2. The fourth-order valence-corrected chi connectivity index (χ4v) is 4.14. The first kappa shape index (κ1) is 14.1. The van der Waals surface area contributed by atoms with E-state index in [0.717, 1.165) is 25.7 Å². The number of imide groups is 1. The van der Waals surface area contributed by atoms with Crippen molar-refractivity contribution in [3.8, 4) is 0 Å². The van der Waals surface area contributed by atoms with Gasteiger partial charge in [-0.1, -0.05) is 40.5 Å². The van der Waals surface area contributed by atoms with Gasteiger partial charge in [-0.05, 0) is 23.7 Å². The molecule has 2 saturated carbocycles. The van der Waals surface area contributed by atoms with E-state index in [1.54, 1.807) is 4.90 Å². The average molecular weight is 278 g/mol. The topological polar surface area (TPSA) is 49.4 Å². The summed E-state index contributed by atoms with van der Waals surface area (Å²) in [6, 6.07) is 0.191. The largest absolute Gasteiger partial charge is 0.302 e. The lowest BCUT2D eigenvalue weighted by Gasteiger charge is -2.22. The van der Waals surface area contributed by atoms with Crippen LogP contribution >= 0.6 is 0 Å².